The van der Waals surface area contributed by atoms with E-state index in [0.29, 0.717) is 6.42 Å². The maximum absolute atomic E-state index is 10.2. The Bertz CT molecular complexity index is 211. The topological polar surface area (TPSA) is 77.3 Å². The maximum atomic E-state index is 10.2. The number of carbonyl (C=O) groups is 2. The average molecular weight is 186 g/mol. The van der Waals surface area contributed by atoms with Crippen molar-refractivity contribution in [3.63, 3.8) is 0 Å². The molecule has 0 saturated heterocycles. The van der Waals surface area contributed by atoms with Gasteiger partial charge in [0.15, 0.2) is 0 Å². The predicted molar refractivity (Wildman–Crippen MR) is 45.1 cm³/mol. The highest BCUT2D eigenvalue weighted by molar-refractivity contribution is 5.79. The molecule has 72 valence electrons. The van der Waals surface area contributed by atoms with E-state index in [1.807, 2.05) is 0 Å². The smallest absolute Gasteiger partial charge is 0.319 e. The number of rotatable bonds is 4. The van der Waals surface area contributed by atoms with Gasteiger partial charge in [-0.3, -0.25) is 0 Å². The van der Waals surface area contributed by atoms with Crippen LogP contribution in [-0.4, -0.2) is 24.4 Å². The molecule has 0 aromatic heterocycles. The van der Waals surface area contributed by atoms with E-state index in [-0.39, 0.29) is 0 Å². The lowest BCUT2D eigenvalue weighted by atomic mass is 10.5. The summed E-state index contributed by atoms with van der Waals surface area (Å²) in [6, 6.07) is 0. The van der Waals surface area contributed by atoms with Gasteiger partial charge in [0.25, 0.3) is 0 Å². The van der Waals surface area contributed by atoms with Crippen LogP contribution in [-0.2, 0) is 19.3 Å². The molecule has 0 heterocycles. The summed E-state index contributed by atoms with van der Waals surface area (Å²) in [6.07, 6.45) is 2.95. The number of hydrogen-bond acceptors (Lipinski definition) is 6. The largest absolute Gasteiger partial charge is 0.331 e. The first-order chi connectivity index (χ1) is 6.13. The van der Waals surface area contributed by atoms with Gasteiger partial charge >= 0.3 is 11.9 Å². The van der Waals surface area contributed by atoms with Gasteiger partial charge in [-0.2, -0.15) is 0 Å². The van der Waals surface area contributed by atoms with E-state index >= 15 is 0 Å². The third kappa shape index (κ3) is 10.3. The van der Waals surface area contributed by atoms with Crippen molar-refractivity contribution < 1.29 is 19.3 Å². The molecule has 0 N–H and O–H groups in total. The van der Waals surface area contributed by atoms with E-state index in [4.69, 9.17) is 0 Å². The van der Waals surface area contributed by atoms with Gasteiger partial charge < -0.3 is 9.68 Å². The number of oxime groups is 2. The van der Waals surface area contributed by atoms with Crippen molar-refractivity contribution >= 4 is 24.4 Å². The molecule has 0 aromatic rings. The van der Waals surface area contributed by atoms with Gasteiger partial charge in [0, 0.05) is 32.7 Å². The molecule has 6 heteroatoms. The van der Waals surface area contributed by atoms with E-state index in [9.17, 15) is 9.59 Å². The Morgan fingerprint density at radius 1 is 1.08 bits per heavy atom. The molecular weight excluding hydrogens is 176 g/mol. The molecule has 0 fully saturated rings. The summed E-state index contributed by atoms with van der Waals surface area (Å²) in [5.74, 6) is -0.985. The van der Waals surface area contributed by atoms with Crippen molar-refractivity contribution in [1.82, 2.24) is 0 Å². The maximum Gasteiger partial charge on any atom is 0.331 e. The minimum Gasteiger partial charge on any atom is -0.319 e. The van der Waals surface area contributed by atoms with Crippen LogP contribution in [0.15, 0.2) is 10.3 Å². The Balaban J connectivity index is 3.43. The molecule has 0 radical (unpaired) electrons. The first kappa shape index (κ1) is 11.3. The second-order valence-electron chi connectivity index (χ2n) is 1.98. The van der Waals surface area contributed by atoms with Crippen LogP contribution in [0.25, 0.3) is 0 Å². The summed E-state index contributed by atoms with van der Waals surface area (Å²) in [4.78, 5) is 28.8. The van der Waals surface area contributed by atoms with Crippen molar-refractivity contribution in [2.24, 2.45) is 10.3 Å². The lowest BCUT2D eigenvalue weighted by molar-refractivity contribution is -0.141. The van der Waals surface area contributed by atoms with Crippen molar-refractivity contribution in [2.75, 3.05) is 0 Å². The lowest BCUT2D eigenvalue weighted by Gasteiger charge is -1.87. The van der Waals surface area contributed by atoms with Crippen LogP contribution in [0.3, 0.4) is 0 Å². The zero-order chi connectivity index (χ0) is 10.1. The minimum atomic E-state index is -0.492. The highest BCUT2D eigenvalue weighted by atomic mass is 16.7. The van der Waals surface area contributed by atoms with Gasteiger partial charge in [-0.1, -0.05) is 10.3 Å². The van der Waals surface area contributed by atoms with Crippen molar-refractivity contribution in [3.05, 3.63) is 0 Å². The second kappa shape index (κ2) is 6.96. The molecule has 6 nitrogen and oxygen atoms in total. The Kier molecular flexibility index (Phi) is 6.04. The lowest BCUT2D eigenvalue weighted by Crippen LogP contribution is -1.93. The molecule has 0 saturated carbocycles. The Morgan fingerprint density at radius 3 is 1.77 bits per heavy atom. The summed E-state index contributed by atoms with van der Waals surface area (Å²) in [5, 5.41) is 6.56. The van der Waals surface area contributed by atoms with E-state index < -0.39 is 11.9 Å². The van der Waals surface area contributed by atoms with Crippen molar-refractivity contribution in [3.8, 4) is 0 Å². The van der Waals surface area contributed by atoms with Crippen LogP contribution in [0, 0.1) is 0 Å². The normalized spacial score (nSPS) is 10.6. The predicted octanol–water partition coefficient (Wildman–Crippen LogP) is 0.474. The number of hydrogen-bond donors (Lipinski definition) is 0. The fourth-order valence-corrected chi connectivity index (χ4v) is 0.356. The Morgan fingerprint density at radius 2 is 1.46 bits per heavy atom. The molecule has 0 bridgehead atoms. The van der Waals surface area contributed by atoms with Gasteiger partial charge in [-0.25, -0.2) is 9.59 Å². The van der Waals surface area contributed by atoms with Crippen LogP contribution in [0.4, 0.5) is 0 Å². The zero-order valence-electron chi connectivity index (χ0n) is 7.39. The van der Waals surface area contributed by atoms with E-state index in [1.165, 1.54) is 26.3 Å². The third-order valence-corrected chi connectivity index (χ3v) is 0.722. The highest BCUT2D eigenvalue weighted by Gasteiger charge is 1.86. The van der Waals surface area contributed by atoms with Crippen LogP contribution < -0.4 is 0 Å². The van der Waals surface area contributed by atoms with Crippen LogP contribution in [0.2, 0.25) is 0 Å². The van der Waals surface area contributed by atoms with Gasteiger partial charge in [0.05, 0.1) is 0 Å². The van der Waals surface area contributed by atoms with Crippen LogP contribution >= 0.6 is 0 Å². The van der Waals surface area contributed by atoms with E-state index in [1.54, 1.807) is 0 Å². The first-order valence-corrected chi connectivity index (χ1v) is 3.51. The zero-order valence-corrected chi connectivity index (χ0v) is 7.39. The molecule has 0 spiro atoms. The standard InChI is InChI=1S/C7H10N2O4/c1-6(10)12-8-4-3-5-9-13-7(2)11/h4-5H,3H2,1-2H3/b8-4+,9-5+. The quantitative estimate of drug-likeness (QED) is 0.363. The molecule has 0 aliphatic heterocycles. The molecule has 0 atom stereocenters. The summed E-state index contributed by atoms with van der Waals surface area (Å²) in [7, 11) is 0. The minimum absolute atomic E-state index is 0.320. The van der Waals surface area contributed by atoms with Crippen LogP contribution in [0.5, 0.6) is 0 Å². The molecule has 0 rings (SSSR count). The van der Waals surface area contributed by atoms with Gasteiger partial charge in [0.2, 0.25) is 0 Å². The Labute approximate surface area is 75.2 Å². The SMILES string of the molecule is CC(=O)O/N=C/C/C=N/OC(C)=O. The van der Waals surface area contributed by atoms with Gasteiger partial charge in [-0.05, 0) is 0 Å². The Hall–Kier alpha value is -1.72. The summed E-state index contributed by atoms with van der Waals surface area (Å²) in [5.41, 5.74) is 0. The fraction of sp³-hybridized carbons (Fsp3) is 0.429. The monoisotopic (exact) mass is 186 g/mol. The molecule has 0 aromatic carbocycles. The molecule has 0 aliphatic carbocycles. The molecular formula is C7H10N2O4. The summed E-state index contributed by atoms with van der Waals surface area (Å²) < 4.78 is 0. The van der Waals surface area contributed by atoms with Gasteiger partial charge in [0.1, 0.15) is 0 Å². The van der Waals surface area contributed by atoms with Gasteiger partial charge in [-0.15, -0.1) is 0 Å². The molecule has 0 amide bonds. The summed E-state index contributed by atoms with van der Waals surface area (Å²) in [6.45, 7) is 2.48. The van der Waals surface area contributed by atoms with E-state index in [0.717, 1.165) is 0 Å². The van der Waals surface area contributed by atoms with E-state index in [2.05, 4.69) is 20.0 Å². The first-order valence-electron chi connectivity index (χ1n) is 3.51. The molecule has 0 unspecified atom stereocenters. The molecule has 13 heavy (non-hydrogen) atoms. The molecule has 0 aliphatic rings. The average Bonchev–Trinajstić information content (AvgIpc) is 2.01. The van der Waals surface area contributed by atoms with Crippen LogP contribution in [0.1, 0.15) is 20.3 Å². The number of carbonyl (C=O) groups excluding carboxylic acids is 2. The fourth-order valence-electron chi connectivity index (χ4n) is 0.356. The second-order valence-corrected chi connectivity index (χ2v) is 1.98. The number of nitrogens with zero attached hydrogens (tertiary/aromatic N) is 2. The van der Waals surface area contributed by atoms with Crippen molar-refractivity contribution in [1.29, 1.82) is 0 Å². The highest BCUT2D eigenvalue weighted by Crippen LogP contribution is 1.79. The summed E-state index contributed by atoms with van der Waals surface area (Å²) >= 11 is 0. The van der Waals surface area contributed by atoms with Crippen molar-refractivity contribution in [2.45, 2.75) is 20.3 Å². The third-order valence-electron chi connectivity index (χ3n) is 0.722.